The van der Waals surface area contributed by atoms with Crippen molar-refractivity contribution in [2.45, 2.75) is 32.7 Å². The standard InChI is InChI=1S/C11H13N3O/c1-6-9(5-12)11(15)14(8-3-4-8)7(2)10(6)13/h8H,3-4,13H2,1-2H3. The van der Waals surface area contributed by atoms with Crippen LogP contribution in [0.1, 0.15) is 35.7 Å². The molecule has 1 saturated carbocycles. The first-order chi connectivity index (χ1) is 7.07. The van der Waals surface area contributed by atoms with Crippen molar-refractivity contribution in [3.05, 3.63) is 27.2 Å². The van der Waals surface area contributed by atoms with Crippen LogP contribution in [0, 0.1) is 25.2 Å². The number of anilines is 1. The molecule has 4 nitrogen and oxygen atoms in total. The van der Waals surface area contributed by atoms with Crippen LogP contribution in [0.4, 0.5) is 5.69 Å². The molecule has 0 aliphatic heterocycles. The largest absolute Gasteiger partial charge is 0.397 e. The van der Waals surface area contributed by atoms with Crippen LogP contribution in [-0.2, 0) is 0 Å². The van der Waals surface area contributed by atoms with E-state index in [9.17, 15) is 4.79 Å². The van der Waals surface area contributed by atoms with E-state index in [0.717, 1.165) is 18.5 Å². The molecule has 0 radical (unpaired) electrons. The average molecular weight is 203 g/mol. The zero-order valence-corrected chi connectivity index (χ0v) is 8.87. The van der Waals surface area contributed by atoms with E-state index < -0.39 is 0 Å². The highest BCUT2D eigenvalue weighted by Gasteiger charge is 2.28. The van der Waals surface area contributed by atoms with Gasteiger partial charge in [-0.2, -0.15) is 5.26 Å². The Morgan fingerprint density at radius 1 is 1.47 bits per heavy atom. The van der Waals surface area contributed by atoms with Gasteiger partial charge in [0, 0.05) is 11.7 Å². The number of nitriles is 1. The fraction of sp³-hybridized carbons (Fsp3) is 0.455. The third kappa shape index (κ3) is 1.32. The highest BCUT2D eigenvalue weighted by Crippen LogP contribution is 2.36. The van der Waals surface area contributed by atoms with Gasteiger partial charge in [-0.05, 0) is 32.3 Å². The van der Waals surface area contributed by atoms with Crippen LogP contribution in [-0.4, -0.2) is 4.57 Å². The molecule has 1 aliphatic carbocycles. The molecule has 1 aromatic rings. The summed E-state index contributed by atoms with van der Waals surface area (Å²) in [6.07, 6.45) is 2.02. The number of hydrogen-bond donors (Lipinski definition) is 1. The molecule has 78 valence electrons. The van der Waals surface area contributed by atoms with Crippen LogP contribution in [0.25, 0.3) is 0 Å². The molecule has 0 saturated heterocycles. The molecule has 1 aromatic heterocycles. The van der Waals surface area contributed by atoms with E-state index in [1.165, 1.54) is 0 Å². The zero-order chi connectivity index (χ0) is 11.2. The molecule has 1 fully saturated rings. The Morgan fingerprint density at radius 3 is 2.53 bits per heavy atom. The van der Waals surface area contributed by atoms with E-state index in [0.29, 0.717) is 11.3 Å². The second-order valence-electron chi connectivity index (χ2n) is 4.02. The molecule has 0 bridgehead atoms. The molecule has 0 aromatic carbocycles. The van der Waals surface area contributed by atoms with Crippen molar-refractivity contribution in [1.82, 2.24) is 4.57 Å². The smallest absolute Gasteiger partial charge is 0.269 e. The van der Waals surface area contributed by atoms with Gasteiger partial charge in [-0.1, -0.05) is 0 Å². The SMILES string of the molecule is Cc1c(N)c(C)n(C2CC2)c(=O)c1C#N. The molecule has 15 heavy (non-hydrogen) atoms. The maximum Gasteiger partial charge on any atom is 0.269 e. The zero-order valence-electron chi connectivity index (χ0n) is 8.87. The minimum Gasteiger partial charge on any atom is -0.397 e. The lowest BCUT2D eigenvalue weighted by molar-refractivity contribution is 0.680. The van der Waals surface area contributed by atoms with Gasteiger partial charge in [0.15, 0.2) is 0 Å². The Labute approximate surface area is 87.9 Å². The summed E-state index contributed by atoms with van der Waals surface area (Å²) in [6, 6.07) is 2.20. The first-order valence-corrected chi connectivity index (χ1v) is 4.99. The Balaban J connectivity index is 2.82. The van der Waals surface area contributed by atoms with Crippen molar-refractivity contribution in [2.24, 2.45) is 0 Å². The van der Waals surface area contributed by atoms with Gasteiger partial charge in [-0.15, -0.1) is 0 Å². The Bertz CT molecular complexity index is 518. The van der Waals surface area contributed by atoms with Crippen molar-refractivity contribution < 1.29 is 0 Å². The van der Waals surface area contributed by atoms with Crippen molar-refractivity contribution in [3.63, 3.8) is 0 Å². The molecule has 2 N–H and O–H groups in total. The molecular weight excluding hydrogens is 190 g/mol. The van der Waals surface area contributed by atoms with Crippen molar-refractivity contribution in [2.75, 3.05) is 5.73 Å². The molecule has 0 spiro atoms. The van der Waals surface area contributed by atoms with Crippen LogP contribution in [0.5, 0.6) is 0 Å². The maximum atomic E-state index is 12.0. The predicted octanol–water partition coefficient (Wildman–Crippen LogP) is 1.25. The maximum absolute atomic E-state index is 12.0. The first kappa shape index (κ1) is 9.78. The van der Waals surface area contributed by atoms with Gasteiger partial charge in [-0.25, -0.2) is 0 Å². The number of hydrogen-bond acceptors (Lipinski definition) is 3. The van der Waals surface area contributed by atoms with Crippen molar-refractivity contribution in [1.29, 1.82) is 5.26 Å². The fourth-order valence-corrected chi connectivity index (χ4v) is 1.87. The van der Waals surface area contributed by atoms with Gasteiger partial charge in [0.25, 0.3) is 5.56 Å². The monoisotopic (exact) mass is 203 g/mol. The van der Waals surface area contributed by atoms with E-state index in [4.69, 9.17) is 11.0 Å². The number of rotatable bonds is 1. The highest BCUT2D eigenvalue weighted by molar-refractivity contribution is 5.56. The summed E-state index contributed by atoms with van der Waals surface area (Å²) >= 11 is 0. The van der Waals surface area contributed by atoms with Crippen molar-refractivity contribution in [3.8, 4) is 6.07 Å². The van der Waals surface area contributed by atoms with Gasteiger partial charge >= 0.3 is 0 Å². The van der Waals surface area contributed by atoms with Crippen LogP contribution < -0.4 is 11.3 Å². The van der Waals surface area contributed by atoms with E-state index in [1.54, 1.807) is 11.5 Å². The van der Waals surface area contributed by atoms with E-state index >= 15 is 0 Å². The summed E-state index contributed by atoms with van der Waals surface area (Å²) in [7, 11) is 0. The summed E-state index contributed by atoms with van der Waals surface area (Å²) in [5.41, 5.74) is 7.84. The molecule has 1 aliphatic rings. The van der Waals surface area contributed by atoms with Gasteiger partial charge in [0.1, 0.15) is 11.6 Å². The second kappa shape index (κ2) is 3.13. The second-order valence-corrected chi connectivity index (χ2v) is 4.02. The average Bonchev–Trinajstić information content (AvgIpc) is 3.00. The molecular formula is C11H13N3O. The molecule has 2 rings (SSSR count). The third-order valence-electron chi connectivity index (χ3n) is 2.99. The van der Waals surface area contributed by atoms with E-state index in [2.05, 4.69) is 0 Å². The van der Waals surface area contributed by atoms with Crippen molar-refractivity contribution >= 4 is 5.69 Å². The minimum absolute atomic E-state index is 0.185. The molecule has 4 heteroatoms. The lowest BCUT2D eigenvalue weighted by atomic mass is 10.1. The Hall–Kier alpha value is -1.76. The van der Waals surface area contributed by atoms with Crippen LogP contribution >= 0.6 is 0 Å². The Kier molecular flexibility index (Phi) is 2.04. The Morgan fingerprint density at radius 2 is 2.07 bits per heavy atom. The van der Waals surface area contributed by atoms with Crippen LogP contribution in [0.3, 0.4) is 0 Å². The number of nitrogens with zero attached hydrogens (tertiary/aromatic N) is 2. The third-order valence-corrected chi connectivity index (χ3v) is 2.99. The summed E-state index contributed by atoms with van der Waals surface area (Å²) in [5, 5.41) is 8.92. The minimum atomic E-state index is -0.191. The molecule has 0 amide bonds. The number of aromatic nitrogens is 1. The normalized spacial score (nSPS) is 15.0. The van der Waals surface area contributed by atoms with E-state index in [1.807, 2.05) is 13.0 Å². The summed E-state index contributed by atoms with van der Waals surface area (Å²) < 4.78 is 1.67. The fourth-order valence-electron chi connectivity index (χ4n) is 1.87. The highest BCUT2D eigenvalue weighted by atomic mass is 16.1. The van der Waals surface area contributed by atoms with Gasteiger partial charge in [0.05, 0.1) is 5.69 Å². The van der Waals surface area contributed by atoms with Crippen LogP contribution in [0.2, 0.25) is 0 Å². The summed E-state index contributed by atoms with van der Waals surface area (Å²) in [6.45, 7) is 3.56. The number of nitrogen functional groups attached to an aromatic ring is 1. The quantitative estimate of drug-likeness (QED) is 0.746. The lowest BCUT2D eigenvalue weighted by Crippen LogP contribution is -2.26. The molecule has 0 atom stereocenters. The van der Waals surface area contributed by atoms with Gasteiger partial charge in [0.2, 0.25) is 0 Å². The summed E-state index contributed by atoms with van der Waals surface area (Å²) in [4.78, 5) is 12.0. The molecule has 0 unspecified atom stereocenters. The van der Waals surface area contributed by atoms with Gasteiger partial charge in [-0.3, -0.25) is 4.79 Å². The molecule has 1 heterocycles. The number of nitrogens with two attached hydrogens (primary N) is 1. The summed E-state index contributed by atoms with van der Waals surface area (Å²) in [5.74, 6) is 0. The lowest BCUT2D eigenvalue weighted by Gasteiger charge is -2.14. The van der Waals surface area contributed by atoms with E-state index in [-0.39, 0.29) is 17.2 Å². The van der Waals surface area contributed by atoms with Gasteiger partial charge < -0.3 is 10.3 Å². The topological polar surface area (TPSA) is 71.8 Å². The first-order valence-electron chi connectivity index (χ1n) is 4.99. The van der Waals surface area contributed by atoms with Crippen LogP contribution in [0.15, 0.2) is 4.79 Å². The number of pyridine rings is 1. The predicted molar refractivity (Wildman–Crippen MR) is 57.6 cm³/mol.